The summed E-state index contributed by atoms with van der Waals surface area (Å²) >= 11 is 0. The standard InChI is InChI=1S/C15H16F3N3/c1-9(2)12-13(20-8-21-14(12)19-3)10-4-6-11(7-5-10)15(16,17)18/h4-9H,1-3H3,(H,19,20,21). The number of halogens is 3. The van der Waals surface area contributed by atoms with Crippen LogP contribution in [-0.4, -0.2) is 17.0 Å². The third-order valence-corrected chi connectivity index (χ3v) is 3.18. The Hall–Kier alpha value is -2.11. The van der Waals surface area contributed by atoms with E-state index in [1.807, 2.05) is 13.8 Å². The maximum atomic E-state index is 12.6. The predicted molar refractivity (Wildman–Crippen MR) is 76.1 cm³/mol. The first kappa shape index (κ1) is 15.3. The Labute approximate surface area is 121 Å². The second-order valence-corrected chi connectivity index (χ2v) is 4.96. The zero-order chi connectivity index (χ0) is 15.6. The number of aromatic nitrogens is 2. The van der Waals surface area contributed by atoms with Gasteiger partial charge in [0.05, 0.1) is 11.3 Å². The summed E-state index contributed by atoms with van der Waals surface area (Å²) in [4.78, 5) is 8.40. The number of anilines is 1. The van der Waals surface area contributed by atoms with Crippen molar-refractivity contribution in [3.63, 3.8) is 0 Å². The molecule has 112 valence electrons. The quantitative estimate of drug-likeness (QED) is 0.916. The molecule has 0 spiro atoms. The fraction of sp³-hybridized carbons (Fsp3) is 0.333. The molecule has 0 aliphatic carbocycles. The molecule has 0 bridgehead atoms. The zero-order valence-electron chi connectivity index (χ0n) is 12.0. The topological polar surface area (TPSA) is 37.8 Å². The van der Waals surface area contributed by atoms with Crippen molar-refractivity contribution in [2.45, 2.75) is 25.9 Å². The highest BCUT2D eigenvalue weighted by molar-refractivity contribution is 5.69. The van der Waals surface area contributed by atoms with Crippen LogP contribution in [0.15, 0.2) is 30.6 Å². The van der Waals surface area contributed by atoms with E-state index in [9.17, 15) is 13.2 Å². The number of hydrogen-bond acceptors (Lipinski definition) is 3. The minimum atomic E-state index is -4.33. The molecule has 0 aliphatic heterocycles. The average Bonchev–Trinajstić information content (AvgIpc) is 2.45. The van der Waals surface area contributed by atoms with Gasteiger partial charge >= 0.3 is 6.18 Å². The van der Waals surface area contributed by atoms with Crippen molar-refractivity contribution < 1.29 is 13.2 Å². The van der Waals surface area contributed by atoms with Crippen molar-refractivity contribution in [1.82, 2.24) is 9.97 Å². The number of rotatable bonds is 3. The van der Waals surface area contributed by atoms with Crippen LogP contribution in [0.5, 0.6) is 0 Å². The molecule has 0 atom stereocenters. The van der Waals surface area contributed by atoms with Gasteiger partial charge in [-0.3, -0.25) is 0 Å². The van der Waals surface area contributed by atoms with Crippen LogP contribution in [0, 0.1) is 0 Å². The summed E-state index contributed by atoms with van der Waals surface area (Å²) in [5, 5.41) is 2.99. The Bertz CT molecular complexity index is 619. The summed E-state index contributed by atoms with van der Waals surface area (Å²) in [6.45, 7) is 3.99. The van der Waals surface area contributed by atoms with E-state index < -0.39 is 11.7 Å². The summed E-state index contributed by atoms with van der Waals surface area (Å²) in [5.74, 6) is 0.834. The van der Waals surface area contributed by atoms with Crippen LogP contribution < -0.4 is 5.32 Å². The van der Waals surface area contributed by atoms with E-state index in [0.717, 1.165) is 17.7 Å². The van der Waals surface area contributed by atoms with Crippen molar-refractivity contribution in [1.29, 1.82) is 0 Å². The summed E-state index contributed by atoms with van der Waals surface area (Å²) in [7, 11) is 1.75. The highest BCUT2D eigenvalue weighted by atomic mass is 19.4. The van der Waals surface area contributed by atoms with Gasteiger partial charge in [-0.2, -0.15) is 13.2 Å². The van der Waals surface area contributed by atoms with Crippen LogP contribution in [0.2, 0.25) is 0 Å². The van der Waals surface area contributed by atoms with E-state index >= 15 is 0 Å². The van der Waals surface area contributed by atoms with Crippen LogP contribution in [0.25, 0.3) is 11.3 Å². The van der Waals surface area contributed by atoms with Gasteiger partial charge in [-0.1, -0.05) is 26.0 Å². The van der Waals surface area contributed by atoms with Crippen LogP contribution in [-0.2, 0) is 6.18 Å². The molecule has 0 amide bonds. The lowest BCUT2D eigenvalue weighted by Crippen LogP contribution is -2.06. The lowest BCUT2D eigenvalue weighted by atomic mass is 9.97. The molecule has 0 unspecified atom stereocenters. The van der Waals surface area contributed by atoms with Crippen LogP contribution in [0.4, 0.5) is 19.0 Å². The van der Waals surface area contributed by atoms with Gasteiger partial charge in [-0.15, -0.1) is 0 Å². The molecule has 0 fully saturated rings. The molecule has 0 radical (unpaired) electrons. The minimum Gasteiger partial charge on any atom is -0.373 e. The van der Waals surface area contributed by atoms with E-state index in [2.05, 4.69) is 15.3 Å². The third kappa shape index (κ3) is 3.15. The molecule has 21 heavy (non-hydrogen) atoms. The molecular formula is C15H16F3N3. The first-order valence-corrected chi connectivity index (χ1v) is 6.55. The second kappa shape index (κ2) is 5.71. The minimum absolute atomic E-state index is 0.144. The molecule has 6 heteroatoms. The Morgan fingerprint density at radius 1 is 1.05 bits per heavy atom. The van der Waals surface area contributed by atoms with Gasteiger partial charge in [-0.25, -0.2) is 9.97 Å². The Balaban J connectivity index is 2.52. The molecule has 1 heterocycles. The van der Waals surface area contributed by atoms with Crippen LogP contribution in [0.3, 0.4) is 0 Å². The second-order valence-electron chi connectivity index (χ2n) is 4.96. The Kier molecular flexibility index (Phi) is 4.16. The average molecular weight is 295 g/mol. The maximum Gasteiger partial charge on any atom is 0.416 e. The van der Waals surface area contributed by atoms with Crippen molar-refractivity contribution in [2.24, 2.45) is 0 Å². The lowest BCUT2D eigenvalue weighted by Gasteiger charge is -2.16. The van der Waals surface area contributed by atoms with Gasteiger partial charge in [0, 0.05) is 18.2 Å². The van der Waals surface area contributed by atoms with Gasteiger partial charge < -0.3 is 5.32 Å². The van der Waals surface area contributed by atoms with Gasteiger partial charge in [0.1, 0.15) is 12.1 Å². The van der Waals surface area contributed by atoms with Crippen LogP contribution in [0.1, 0.15) is 30.9 Å². The summed E-state index contributed by atoms with van der Waals surface area (Å²) in [6.07, 6.45) is -2.92. The smallest absolute Gasteiger partial charge is 0.373 e. The number of benzene rings is 1. The van der Waals surface area contributed by atoms with E-state index in [-0.39, 0.29) is 5.92 Å². The van der Waals surface area contributed by atoms with Crippen molar-refractivity contribution >= 4 is 5.82 Å². The van der Waals surface area contributed by atoms with Gasteiger partial charge in [0.2, 0.25) is 0 Å². The molecular weight excluding hydrogens is 279 g/mol. The fourth-order valence-electron chi connectivity index (χ4n) is 2.19. The maximum absolute atomic E-state index is 12.6. The van der Waals surface area contributed by atoms with Gasteiger partial charge in [0.15, 0.2) is 0 Å². The third-order valence-electron chi connectivity index (χ3n) is 3.18. The summed E-state index contributed by atoms with van der Waals surface area (Å²) < 4.78 is 37.8. The zero-order valence-corrected chi connectivity index (χ0v) is 12.0. The Morgan fingerprint density at radius 3 is 2.14 bits per heavy atom. The van der Waals surface area contributed by atoms with Gasteiger partial charge in [-0.05, 0) is 18.1 Å². The number of nitrogens with zero attached hydrogens (tertiary/aromatic N) is 2. The molecule has 1 N–H and O–H groups in total. The van der Waals surface area contributed by atoms with E-state index in [0.29, 0.717) is 17.1 Å². The number of alkyl halides is 3. The normalized spacial score (nSPS) is 11.8. The summed E-state index contributed by atoms with van der Waals surface area (Å²) in [6, 6.07) is 5.02. The molecule has 0 saturated carbocycles. The monoisotopic (exact) mass is 295 g/mol. The predicted octanol–water partition coefficient (Wildman–Crippen LogP) is 4.33. The van der Waals surface area contributed by atoms with Crippen molar-refractivity contribution in [2.75, 3.05) is 12.4 Å². The summed E-state index contributed by atoms with van der Waals surface area (Å²) in [5.41, 5.74) is 1.52. The Morgan fingerprint density at radius 2 is 1.67 bits per heavy atom. The number of nitrogens with one attached hydrogen (secondary N) is 1. The molecule has 2 rings (SSSR count). The SMILES string of the molecule is CNc1ncnc(-c2ccc(C(F)(F)F)cc2)c1C(C)C. The molecule has 2 aromatic rings. The molecule has 1 aromatic heterocycles. The van der Waals surface area contributed by atoms with Crippen molar-refractivity contribution in [3.8, 4) is 11.3 Å². The van der Waals surface area contributed by atoms with E-state index in [1.54, 1.807) is 7.05 Å². The molecule has 1 aromatic carbocycles. The highest BCUT2D eigenvalue weighted by Gasteiger charge is 2.30. The largest absolute Gasteiger partial charge is 0.416 e. The lowest BCUT2D eigenvalue weighted by molar-refractivity contribution is -0.137. The molecule has 0 aliphatic rings. The number of hydrogen-bond donors (Lipinski definition) is 1. The van der Waals surface area contributed by atoms with Gasteiger partial charge in [0.25, 0.3) is 0 Å². The highest BCUT2D eigenvalue weighted by Crippen LogP contribution is 2.34. The van der Waals surface area contributed by atoms with E-state index in [4.69, 9.17) is 0 Å². The molecule has 3 nitrogen and oxygen atoms in total. The van der Waals surface area contributed by atoms with Crippen molar-refractivity contribution in [3.05, 3.63) is 41.7 Å². The first-order valence-electron chi connectivity index (χ1n) is 6.55. The fourth-order valence-corrected chi connectivity index (χ4v) is 2.19. The van der Waals surface area contributed by atoms with Crippen LogP contribution >= 0.6 is 0 Å². The molecule has 0 saturated heterocycles. The van der Waals surface area contributed by atoms with E-state index in [1.165, 1.54) is 18.5 Å². The first-order chi connectivity index (χ1) is 9.84.